The van der Waals surface area contributed by atoms with Crippen molar-refractivity contribution < 1.29 is 16.5 Å². The summed E-state index contributed by atoms with van der Waals surface area (Å²) in [6.07, 6.45) is 3.86. The quantitative estimate of drug-likeness (QED) is 0.351. The third-order valence-electron chi connectivity index (χ3n) is 0.928. The third-order valence-corrected chi connectivity index (χ3v) is 1.26. The van der Waals surface area contributed by atoms with Crippen LogP contribution in [0.5, 0.6) is 0 Å². The van der Waals surface area contributed by atoms with Crippen molar-refractivity contribution in [2.45, 2.75) is 31.8 Å². The average Bonchev–Trinajstić information content (AvgIpc) is 1.61. The van der Waals surface area contributed by atoms with Crippen LogP contribution in [0.1, 0.15) is 26.2 Å². The Morgan fingerprint density at radius 2 is 2.12 bits per heavy atom. The van der Waals surface area contributed by atoms with Gasteiger partial charge in [-0.05, 0) is 0 Å². The molecule has 0 bridgehead atoms. The second-order valence-electron chi connectivity index (χ2n) is 1.90. The van der Waals surface area contributed by atoms with Crippen LogP contribution < -0.4 is 0 Å². The fraction of sp³-hybridized carbons (Fsp3) is 0.833. The molecule has 2 atom stereocenters. The van der Waals surface area contributed by atoms with E-state index in [1.165, 1.54) is 19.3 Å². The molecule has 54 valence electrons. The first-order valence-corrected chi connectivity index (χ1v) is 3.52. The van der Waals surface area contributed by atoms with Gasteiger partial charge in [0.05, 0.1) is 0 Å². The molecule has 0 aliphatic rings. The van der Waals surface area contributed by atoms with Gasteiger partial charge in [0.1, 0.15) is 0 Å². The van der Waals surface area contributed by atoms with Crippen LogP contribution in [0, 0.1) is 6.92 Å². The van der Waals surface area contributed by atoms with Crippen molar-refractivity contribution in [1.82, 2.24) is 0 Å². The number of rotatable bonds is 3. The van der Waals surface area contributed by atoms with Gasteiger partial charge in [-0.1, -0.05) is 26.2 Å². The van der Waals surface area contributed by atoms with Crippen molar-refractivity contribution in [2.24, 2.45) is 0 Å². The Bertz CT molecular complexity index is 37.5. The fourth-order valence-electron chi connectivity index (χ4n) is 0.466. The van der Waals surface area contributed by atoms with Gasteiger partial charge in [-0.3, -0.25) is 0 Å². The first-order chi connectivity index (χ1) is 3.27. The molecule has 0 radical (unpaired) electrons. The fourth-order valence-corrected chi connectivity index (χ4v) is 0.702. The Morgan fingerprint density at radius 3 is 2.25 bits per heavy atom. The van der Waals surface area contributed by atoms with Crippen molar-refractivity contribution >= 4 is 9.24 Å². The monoisotopic (exact) mass is 175 g/mol. The Kier molecular flexibility index (Phi) is 11.6. The van der Waals surface area contributed by atoms with Gasteiger partial charge in [0.25, 0.3) is 0 Å². The van der Waals surface area contributed by atoms with E-state index in [9.17, 15) is 0 Å². The van der Waals surface area contributed by atoms with E-state index in [0.717, 1.165) is 0 Å². The summed E-state index contributed by atoms with van der Waals surface area (Å²) in [5, 5.41) is 0. The summed E-state index contributed by atoms with van der Waals surface area (Å²) in [6.45, 7) is 6.04. The summed E-state index contributed by atoms with van der Waals surface area (Å²) >= 11 is 0. The van der Waals surface area contributed by atoms with Gasteiger partial charge in [-0.15, -0.1) is 0 Å². The van der Waals surface area contributed by atoms with E-state index in [-0.39, 0.29) is 16.5 Å². The van der Waals surface area contributed by atoms with Gasteiger partial charge in [0, 0.05) is 16.5 Å². The Balaban J connectivity index is 0. The van der Waals surface area contributed by atoms with E-state index in [0.29, 0.717) is 5.66 Å². The topological polar surface area (TPSA) is 0 Å². The molecule has 0 heterocycles. The maximum atomic E-state index is 3.84. The SMILES string of the molecule is [CH2-]C(P)CCCC.[Ni]. The van der Waals surface area contributed by atoms with Crippen molar-refractivity contribution in [3.05, 3.63) is 6.92 Å². The second kappa shape index (κ2) is 7.92. The zero-order chi connectivity index (χ0) is 5.70. The normalized spacial score (nSPS) is 12.4. The molecule has 0 aromatic rings. The molecule has 2 unspecified atom stereocenters. The minimum absolute atomic E-state index is 0. The molecule has 0 aromatic heterocycles. The van der Waals surface area contributed by atoms with E-state index < -0.39 is 0 Å². The van der Waals surface area contributed by atoms with Crippen LogP contribution in [0.25, 0.3) is 0 Å². The van der Waals surface area contributed by atoms with Crippen LogP contribution >= 0.6 is 9.24 Å². The molecule has 0 saturated carbocycles. The summed E-state index contributed by atoms with van der Waals surface area (Å²) < 4.78 is 0. The zero-order valence-electron chi connectivity index (χ0n) is 5.30. The molecule has 0 rings (SSSR count). The molecule has 0 aliphatic heterocycles. The van der Waals surface area contributed by atoms with Gasteiger partial charge < -0.3 is 6.92 Å². The summed E-state index contributed by atoms with van der Waals surface area (Å²) in [4.78, 5) is 0. The minimum Gasteiger partial charge on any atom is -0.337 e. The van der Waals surface area contributed by atoms with E-state index in [4.69, 9.17) is 0 Å². The molecule has 0 N–H and O–H groups in total. The molecule has 0 nitrogen and oxygen atoms in total. The Hall–Kier alpha value is 0.924. The molecular formula is C6H14NiP-. The van der Waals surface area contributed by atoms with Crippen LogP contribution in [0.2, 0.25) is 0 Å². The predicted octanol–water partition coefficient (Wildman–Crippen LogP) is 2.25. The summed E-state index contributed by atoms with van der Waals surface area (Å²) in [5.41, 5.74) is 0.569. The van der Waals surface area contributed by atoms with Crippen LogP contribution in [0.4, 0.5) is 0 Å². The maximum absolute atomic E-state index is 3.84. The van der Waals surface area contributed by atoms with E-state index >= 15 is 0 Å². The summed E-state index contributed by atoms with van der Waals surface area (Å²) in [5.74, 6) is 0. The predicted molar refractivity (Wildman–Crippen MR) is 38.4 cm³/mol. The van der Waals surface area contributed by atoms with E-state index in [1.54, 1.807) is 0 Å². The van der Waals surface area contributed by atoms with Crippen LogP contribution in [-0.4, -0.2) is 5.66 Å². The standard InChI is InChI=1S/C6H14P.Ni/c1-3-4-5-6(2)7;/h6H,2-5,7H2,1H3;/q-1;. The van der Waals surface area contributed by atoms with Crippen LogP contribution in [-0.2, 0) is 16.5 Å². The molecule has 0 spiro atoms. The molecule has 8 heavy (non-hydrogen) atoms. The van der Waals surface area contributed by atoms with E-state index in [2.05, 4.69) is 23.1 Å². The van der Waals surface area contributed by atoms with Gasteiger partial charge in [0.2, 0.25) is 0 Å². The molecule has 0 amide bonds. The summed E-state index contributed by atoms with van der Waals surface area (Å²) in [6, 6.07) is 0. The first-order valence-electron chi connectivity index (χ1n) is 2.86. The van der Waals surface area contributed by atoms with Crippen LogP contribution in [0.15, 0.2) is 0 Å². The largest absolute Gasteiger partial charge is 0.337 e. The third kappa shape index (κ3) is 10.0. The number of hydrogen-bond acceptors (Lipinski definition) is 0. The molecule has 0 fully saturated rings. The molecule has 0 aromatic carbocycles. The molecular weight excluding hydrogens is 162 g/mol. The van der Waals surface area contributed by atoms with E-state index in [1.807, 2.05) is 0 Å². The molecule has 2 heteroatoms. The van der Waals surface area contributed by atoms with Crippen LogP contribution in [0.3, 0.4) is 0 Å². The Morgan fingerprint density at radius 1 is 1.62 bits per heavy atom. The minimum atomic E-state index is 0. The zero-order valence-corrected chi connectivity index (χ0v) is 7.44. The van der Waals surface area contributed by atoms with Crippen molar-refractivity contribution in [2.75, 3.05) is 0 Å². The first kappa shape index (κ1) is 11.7. The number of hydrogen-bond donors (Lipinski definition) is 0. The van der Waals surface area contributed by atoms with Crippen molar-refractivity contribution in [3.63, 3.8) is 0 Å². The van der Waals surface area contributed by atoms with Gasteiger partial charge in [0.15, 0.2) is 0 Å². The van der Waals surface area contributed by atoms with Gasteiger partial charge >= 0.3 is 0 Å². The van der Waals surface area contributed by atoms with Gasteiger partial charge in [-0.25, -0.2) is 0 Å². The summed E-state index contributed by atoms with van der Waals surface area (Å²) in [7, 11) is 2.70. The van der Waals surface area contributed by atoms with Crippen molar-refractivity contribution in [3.8, 4) is 0 Å². The smallest absolute Gasteiger partial charge is 0 e. The number of unbranched alkanes of at least 4 members (excludes halogenated alkanes) is 1. The maximum Gasteiger partial charge on any atom is 0 e. The molecule has 0 saturated heterocycles. The molecule has 0 aliphatic carbocycles. The Labute approximate surface area is 64.9 Å². The van der Waals surface area contributed by atoms with Crippen molar-refractivity contribution in [1.29, 1.82) is 0 Å². The average molecular weight is 176 g/mol. The van der Waals surface area contributed by atoms with Gasteiger partial charge in [-0.2, -0.15) is 14.9 Å². The second-order valence-corrected chi connectivity index (χ2v) is 2.85.